The third-order valence-corrected chi connectivity index (χ3v) is 7.76. The third kappa shape index (κ3) is 13.0. The minimum atomic E-state index is -0.342. The number of anilines is 1. The maximum atomic E-state index is 13.4. The number of rotatable bonds is 21. The molecule has 7 nitrogen and oxygen atoms in total. The van der Waals surface area contributed by atoms with E-state index in [0.717, 1.165) is 73.1 Å². The Hall–Kier alpha value is -3.74. The summed E-state index contributed by atoms with van der Waals surface area (Å²) >= 11 is 0. The third-order valence-electron chi connectivity index (χ3n) is 7.76. The number of nitrogen functional groups attached to an aromatic ring is 1. The molecule has 7 heteroatoms. The number of nitrogens with one attached hydrogen (secondary N) is 3. The van der Waals surface area contributed by atoms with Crippen molar-refractivity contribution in [1.29, 1.82) is 0 Å². The van der Waals surface area contributed by atoms with Crippen molar-refractivity contribution in [2.45, 2.75) is 97.7 Å². The Morgan fingerprint density at radius 2 is 1.70 bits per heavy atom. The summed E-state index contributed by atoms with van der Waals surface area (Å²) in [5.74, 6) is 0.322. The number of benzene rings is 2. The summed E-state index contributed by atoms with van der Waals surface area (Å²) in [6.07, 6.45) is 6.43. The average Bonchev–Trinajstić information content (AvgIpc) is 2.97. The maximum Gasteiger partial charge on any atom is 0.243 e. The molecule has 0 fully saturated rings. The van der Waals surface area contributed by atoms with E-state index >= 15 is 0 Å². The van der Waals surface area contributed by atoms with E-state index in [1.807, 2.05) is 42.2 Å². The van der Waals surface area contributed by atoms with Crippen molar-refractivity contribution in [3.63, 3.8) is 0 Å². The highest BCUT2D eigenvalue weighted by Crippen LogP contribution is 2.15. The molecule has 0 bridgehead atoms. The molecule has 43 heavy (non-hydrogen) atoms. The SMILES string of the molecule is C=C(CCC)NC(CC(C)C)C(=O)NC(CC)C(=C)NC(CCN(C=O)CCc1ccc(C)c(N)c1)Cc1ccccc1. The summed E-state index contributed by atoms with van der Waals surface area (Å²) in [6.45, 7) is 20.1. The van der Waals surface area contributed by atoms with Crippen molar-refractivity contribution in [2.24, 2.45) is 5.92 Å². The molecule has 3 atom stereocenters. The maximum absolute atomic E-state index is 13.4. The summed E-state index contributed by atoms with van der Waals surface area (Å²) < 4.78 is 0. The van der Waals surface area contributed by atoms with Crippen LogP contribution in [0.3, 0.4) is 0 Å². The highest BCUT2D eigenvalue weighted by Gasteiger charge is 2.24. The molecule has 2 aromatic carbocycles. The number of allylic oxidation sites excluding steroid dienone is 1. The van der Waals surface area contributed by atoms with E-state index in [1.165, 1.54) is 5.56 Å². The van der Waals surface area contributed by atoms with Crippen LogP contribution in [-0.4, -0.2) is 48.4 Å². The van der Waals surface area contributed by atoms with Crippen LogP contribution in [0.25, 0.3) is 0 Å². The second kappa shape index (κ2) is 18.7. The van der Waals surface area contributed by atoms with Gasteiger partial charge in [0.25, 0.3) is 0 Å². The molecule has 0 saturated heterocycles. The van der Waals surface area contributed by atoms with Crippen molar-refractivity contribution in [3.05, 3.63) is 89.8 Å². The number of carbonyl (C=O) groups excluding carboxylic acids is 2. The Morgan fingerprint density at radius 3 is 2.30 bits per heavy atom. The van der Waals surface area contributed by atoms with Gasteiger partial charge < -0.3 is 26.6 Å². The lowest BCUT2D eigenvalue weighted by atomic mass is 10.00. The van der Waals surface area contributed by atoms with Gasteiger partial charge in [-0.15, -0.1) is 0 Å². The first-order chi connectivity index (χ1) is 20.6. The second-order valence-corrected chi connectivity index (χ2v) is 12.1. The molecule has 0 radical (unpaired) electrons. The van der Waals surface area contributed by atoms with Crippen LogP contribution in [0.1, 0.15) is 76.5 Å². The van der Waals surface area contributed by atoms with Gasteiger partial charge >= 0.3 is 0 Å². The Labute approximate surface area is 260 Å². The van der Waals surface area contributed by atoms with Gasteiger partial charge in [-0.2, -0.15) is 0 Å². The number of carbonyl (C=O) groups is 2. The molecule has 2 rings (SSSR count). The minimum Gasteiger partial charge on any atom is -0.399 e. The Morgan fingerprint density at radius 1 is 0.977 bits per heavy atom. The van der Waals surface area contributed by atoms with E-state index in [2.05, 4.69) is 75.0 Å². The van der Waals surface area contributed by atoms with Crippen LogP contribution in [-0.2, 0) is 22.4 Å². The molecule has 2 aromatic rings. The molecule has 3 unspecified atom stereocenters. The zero-order valence-electron chi connectivity index (χ0n) is 27.1. The van der Waals surface area contributed by atoms with Crippen molar-refractivity contribution >= 4 is 18.0 Å². The molecular formula is C36H55N5O2. The van der Waals surface area contributed by atoms with Gasteiger partial charge in [0.05, 0.1) is 6.04 Å². The van der Waals surface area contributed by atoms with E-state index in [0.29, 0.717) is 25.4 Å². The van der Waals surface area contributed by atoms with Crippen LogP contribution >= 0.6 is 0 Å². The zero-order valence-corrected chi connectivity index (χ0v) is 27.1. The van der Waals surface area contributed by atoms with E-state index in [-0.39, 0.29) is 24.0 Å². The van der Waals surface area contributed by atoms with Gasteiger partial charge in [0, 0.05) is 36.2 Å². The van der Waals surface area contributed by atoms with Crippen LogP contribution in [0.15, 0.2) is 73.1 Å². The lowest BCUT2D eigenvalue weighted by Gasteiger charge is -2.30. The van der Waals surface area contributed by atoms with Crippen LogP contribution in [0.5, 0.6) is 0 Å². The minimum absolute atomic E-state index is 0.0345. The second-order valence-electron chi connectivity index (χ2n) is 12.1. The summed E-state index contributed by atoms with van der Waals surface area (Å²) in [5.41, 5.74) is 11.9. The highest BCUT2D eigenvalue weighted by atomic mass is 16.2. The first-order valence-electron chi connectivity index (χ1n) is 15.8. The quantitative estimate of drug-likeness (QED) is 0.107. The van der Waals surface area contributed by atoms with Gasteiger partial charge in [0.2, 0.25) is 12.3 Å². The summed E-state index contributed by atoms with van der Waals surface area (Å²) in [5, 5.41) is 10.2. The fourth-order valence-corrected chi connectivity index (χ4v) is 5.17. The van der Waals surface area contributed by atoms with E-state index in [9.17, 15) is 9.59 Å². The van der Waals surface area contributed by atoms with Crippen LogP contribution < -0.4 is 21.7 Å². The van der Waals surface area contributed by atoms with E-state index in [4.69, 9.17) is 5.73 Å². The lowest BCUT2D eigenvalue weighted by Crippen LogP contribution is -2.50. The van der Waals surface area contributed by atoms with Crippen LogP contribution in [0, 0.1) is 12.8 Å². The number of hydrogen-bond acceptors (Lipinski definition) is 5. The fourth-order valence-electron chi connectivity index (χ4n) is 5.17. The first-order valence-corrected chi connectivity index (χ1v) is 15.8. The Balaban J connectivity index is 2.08. The predicted molar refractivity (Wildman–Crippen MR) is 180 cm³/mol. The number of nitrogens with two attached hydrogens (primary N) is 1. The molecule has 0 heterocycles. The van der Waals surface area contributed by atoms with Gasteiger partial charge in [0.1, 0.15) is 6.04 Å². The van der Waals surface area contributed by atoms with Crippen molar-refractivity contribution in [3.8, 4) is 0 Å². The number of aryl methyl sites for hydroxylation is 1. The predicted octanol–water partition coefficient (Wildman–Crippen LogP) is 5.90. The number of nitrogens with zero attached hydrogens (tertiary/aromatic N) is 1. The molecule has 0 aromatic heterocycles. The topological polar surface area (TPSA) is 99.5 Å². The molecule has 2 amide bonds. The fraction of sp³-hybridized carbons (Fsp3) is 0.500. The van der Waals surface area contributed by atoms with Crippen molar-refractivity contribution < 1.29 is 9.59 Å². The zero-order chi connectivity index (χ0) is 31.8. The molecule has 0 aliphatic carbocycles. The number of hydrogen-bond donors (Lipinski definition) is 4. The van der Waals surface area contributed by atoms with Gasteiger partial charge in [0.15, 0.2) is 0 Å². The molecule has 5 N–H and O–H groups in total. The van der Waals surface area contributed by atoms with Crippen molar-refractivity contribution in [2.75, 3.05) is 18.8 Å². The molecule has 0 spiro atoms. The van der Waals surface area contributed by atoms with Gasteiger partial charge in [-0.1, -0.05) is 89.7 Å². The number of amides is 2. The summed E-state index contributed by atoms with van der Waals surface area (Å²) in [6, 6.07) is 15.9. The highest BCUT2D eigenvalue weighted by molar-refractivity contribution is 5.82. The van der Waals surface area contributed by atoms with Crippen molar-refractivity contribution in [1.82, 2.24) is 20.9 Å². The van der Waals surface area contributed by atoms with Crippen LogP contribution in [0.2, 0.25) is 0 Å². The van der Waals surface area contributed by atoms with E-state index < -0.39 is 0 Å². The van der Waals surface area contributed by atoms with Gasteiger partial charge in [-0.25, -0.2) is 0 Å². The smallest absolute Gasteiger partial charge is 0.243 e. The largest absolute Gasteiger partial charge is 0.399 e. The normalized spacial score (nSPS) is 13.1. The Kier molecular flexibility index (Phi) is 15.4. The van der Waals surface area contributed by atoms with Crippen LogP contribution in [0.4, 0.5) is 5.69 Å². The molecule has 0 saturated carbocycles. The summed E-state index contributed by atoms with van der Waals surface area (Å²) in [4.78, 5) is 27.2. The van der Waals surface area contributed by atoms with Gasteiger partial charge in [-0.3, -0.25) is 9.59 Å². The lowest BCUT2D eigenvalue weighted by molar-refractivity contribution is -0.124. The molecular weight excluding hydrogens is 534 g/mol. The average molecular weight is 590 g/mol. The van der Waals surface area contributed by atoms with Gasteiger partial charge in [-0.05, 0) is 74.1 Å². The first kappa shape index (κ1) is 35.5. The molecule has 236 valence electrons. The summed E-state index contributed by atoms with van der Waals surface area (Å²) in [7, 11) is 0. The molecule has 0 aliphatic rings. The standard InChI is InChI=1S/C36H55N5O2/c1-8-13-28(6)38-35(22-26(3)4)36(43)40-34(9-2)29(7)39-32(23-30-14-11-10-12-15-30)19-21-41(25-42)20-18-31-17-16-27(5)33(37)24-31/h10-12,14-17,24-26,32,34-35,38-39H,6-9,13,18-23,37H2,1-5H3,(H,40,43). The Bertz CT molecular complexity index is 1160. The molecule has 0 aliphatic heterocycles. The van der Waals surface area contributed by atoms with E-state index in [1.54, 1.807) is 0 Å². The monoisotopic (exact) mass is 589 g/mol.